The van der Waals surface area contributed by atoms with Gasteiger partial charge in [-0.15, -0.1) is 11.3 Å². The maximum Gasteiger partial charge on any atom is 0.266 e. The van der Waals surface area contributed by atoms with E-state index in [-0.39, 0.29) is 11.3 Å². The van der Waals surface area contributed by atoms with Gasteiger partial charge in [0.2, 0.25) is 0 Å². The van der Waals surface area contributed by atoms with Crippen LogP contribution in [0.2, 0.25) is 0 Å². The number of benzene rings is 1. The summed E-state index contributed by atoms with van der Waals surface area (Å²) in [5.41, 5.74) is 1.58. The third-order valence-electron chi connectivity index (χ3n) is 4.23. The fourth-order valence-corrected chi connectivity index (χ4v) is 3.67. The summed E-state index contributed by atoms with van der Waals surface area (Å²) < 4.78 is 1.00. The molecule has 1 N–H and O–H groups in total. The van der Waals surface area contributed by atoms with Gasteiger partial charge in [0.25, 0.3) is 11.5 Å². The molecule has 26 heavy (non-hydrogen) atoms. The highest BCUT2D eigenvalue weighted by Crippen LogP contribution is 2.28. The van der Waals surface area contributed by atoms with Crippen LogP contribution in [0.4, 0.5) is 5.69 Å². The van der Waals surface area contributed by atoms with E-state index in [0.717, 1.165) is 21.5 Å². The van der Waals surface area contributed by atoms with Crippen LogP contribution in [-0.4, -0.2) is 21.4 Å². The minimum Gasteiger partial charge on any atom is -0.548 e. The summed E-state index contributed by atoms with van der Waals surface area (Å²) in [5.74, 6) is -1.71. The number of nitrogens with one attached hydrogen (secondary N) is 1. The third-order valence-corrected chi connectivity index (χ3v) is 5.43. The van der Waals surface area contributed by atoms with Crippen LogP contribution in [0.15, 0.2) is 35.4 Å². The number of amides is 1. The molecule has 0 saturated heterocycles. The Kier molecular flexibility index (Phi) is 4.60. The number of thiophene rings is 1. The van der Waals surface area contributed by atoms with E-state index in [0.29, 0.717) is 21.0 Å². The number of hydrogen-bond acceptors (Lipinski definition) is 6. The normalized spacial score (nSPS) is 12.1. The van der Waals surface area contributed by atoms with E-state index in [1.54, 1.807) is 13.0 Å². The van der Waals surface area contributed by atoms with E-state index in [2.05, 4.69) is 10.3 Å². The SMILES string of the molecule is Cc1ccccc1NC(=O)c1sc2ncn(C(C)C(=O)[O-])c(=O)c2c1C. The Bertz CT molecular complexity index is 1080. The predicted molar refractivity (Wildman–Crippen MR) is 97.5 cm³/mol. The summed E-state index contributed by atoms with van der Waals surface area (Å²) in [6.07, 6.45) is 1.17. The lowest BCUT2D eigenvalue weighted by atomic mass is 10.1. The number of fused-ring (bicyclic) bond motifs is 1. The molecule has 0 aliphatic carbocycles. The smallest absolute Gasteiger partial charge is 0.266 e. The number of carbonyl (C=O) groups is 2. The third kappa shape index (κ3) is 2.99. The molecule has 0 aliphatic rings. The lowest BCUT2D eigenvalue weighted by Gasteiger charge is -2.15. The lowest BCUT2D eigenvalue weighted by molar-refractivity contribution is -0.309. The van der Waals surface area contributed by atoms with Crippen molar-refractivity contribution in [1.29, 1.82) is 0 Å². The van der Waals surface area contributed by atoms with Gasteiger partial charge in [-0.25, -0.2) is 4.98 Å². The van der Waals surface area contributed by atoms with Crippen molar-refractivity contribution in [3.8, 4) is 0 Å². The van der Waals surface area contributed by atoms with Crippen molar-refractivity contribution in [2.75, 3.05) is 5.32 Å². The van der Waals surface area contributed by atoms with Crippen LogP contribution in [0, 0.1) is 13.8 Å². The van der Waals surface area contributed by atoms with Crippen LogP contribution in [-0.2, 0) is 4.79 Å². The fourth-order valence-electron chi connectivity index (χ4n) is 2.64. The van der Waals surface area contributed by atoms with E-state index in [1.807, 2.05) is 25.1 Å². The zero-order valence-electron chi connectivity index (χ0n) is 14.4. The standard InChI is InChI=1S/C18H17N3O4S/c1-9-6-4-5-7-12(9)20-15(22)14-10(2)13-16(26-14)19-8-21(17(13)23)11(3)18(24)25/h4-8,11H,1-3H3,(H,20,22)(H,24,25)/p-1. The molecule has 7 nitrogen and oxygen atoms in total. The van der Waals surface area contributed by atoms with Gasteiger partial charge in [-0.05, 0) is 38.0 Å². The monoisotopic (exact) mass is 370 g/mol. The minimum absolute atomic E-state index is 0.250. The van der Waals surface area contributed by atoms with Gasteiger partial charge in [-0.2, -0.15) is 0 Å². The van der Waals surface area contributed by atoms with Crippen LogP contribution >= 0.6 is 11.3 Å². The van der Waals surface area contributed by atoms with E-state index in [4.69, 9.17) is 0 Å². The predicted octanol–water partition coefficient (Wildman–Crippen LogP) is 1.64. The van der Waals surface area contributed by atoms with Crippen molar-refractivity contribution in [2.45, 2.75) is 26.8 Å². The van der Waals surface area contributed by atoms with Gasteiger partial charge < -0.3 is 15.2 Å². The summed E-state index contributed by atoms with van der Waals surface area (Å²) in [7, 11) is 0. The number of carbonyl (C=O) groups excluding carboxylic acids is 2. The summed E-state index contributed by atoms with van der Waals surface area (Å²) in [5, 5.41) is 14.1. The molecule has 0 spiro atoms. The van der Waals surface area contributed by atoms with Crippen molar-refractivity contribution in [3.63, 3.8) is 0 Å². The van der Waals surface area contributed by atoms with Crippen LogP contribution < -0.4 is 16.0 Å². The van der Waals surface area contributed by atoms with Crippen LogP contribution in [0.5, 0.6) is 0 Å². The molecule has 0 fully saturated rings. The first kappa shape index (κ1) is 17.8. The maximum atomic E-state index is 12.7. The van der Waals surface area contributed by atoms with Gasteiger partial charge in [-0.1, -0.05) is 18.2 Å². The second-order valence-corrected chi connectivity index (χ2v) is 6.96. The summed E-state index contributed by atoms with van der Waals surface area (Å²) in [6, 6.07) is 6.23. The highest BCUT2D eigenvalue weighted by molar-refractivity contribution is 7.20. The van der Waals surface area contributed by atoms with Crippen LogP contribution in [0.25, 0.3) is 10.2 Å². The molecule has 8 heteroatoms. The number of rotatable bonds is 4. The number of hydrogen-bond donors (Lipinski definition) is 1. The first-order valence-corrected chi connectivity index (χ1v) is 8.71. The van der Waals surface area contributed by atoms with Gasteiger partial charge in [0.05, 0.1) is 28.6 Å². The summed E-state index contributed by atoms with van der Waals surface area (Å²) >= 11 is 1.10. The second-order valence-electron chi connectivity index (χ2n) is 5.96. The number of anilines is 1. The van der Waals surface area contributed by atoms with Crippen LogP contribution in [0.1, 0.15) is 33.8 Å². The molecule has 0 saturated carbocycles. The molecular formula is C18H16N3O4S-. The number of carboxylic acids is 1. The van der Waals surface area contributed by atoms with E-state index >= 15 is 0 Å². The van der Waals surface area contributed by atoms with Gasteiger partial charge in [0, 0.05) is 5.69 Å². The molecule has 2 heterocycles. The zero-order chi connectivity index (χ0) is 19.0. The van der Waals surface area contributed by atoms with Gasteiger partial charge in [0.1, 0.15) is 4.83 Å². The quantitative estimate of drug-likeness (QED) is 0.752. The molecule has 0 aliphatic heterocycles. The number of aryl methyl sites for hydroxylation is 2. The molecule has 3 rings (SSSR count). The van der Waals surface area contributed by atoms with E-state index in [9.17, 15) is 19.5 Å². The molecule has 1 aromatic carbocycles. The summed E-state index contributed by atoms with van der Waals surface area (Å²) in [4.78, 5) is 41.3. The zero-order valence-corrected chi connectivity index (χ0v) is 15.2. The number of aliphatic carboxylic acids is 1. The van der Waals surface area contributed by atoms with Crippen molar-refractivity contribution < 1.29 is 14.7 Å². The highest BCUT2D eigenvalue weighted by atomic mass is 32.1. The fraction of sp³-hybridized carbons (Fsp3) is 0.222. The van der Waals surface area contributed by atoms with Crippen molar-refractivity contribution in [2.24, 2.45) is 0 Å². The molecule has 1 amide bonds. The number of carboxylic acid groups (broad SMARTS) is 1. The Morgan fingerprint density at radius 3 is 2.62 bits per heavy atom. The minimum atomic E-state index is -1.38. The Hall–Kier alpha value is -3.00. The van der Waals surface area contributed by atoms with Gasteiger partial charge in [-0.3, -0.25) is 14.2 Å². The topological polar surface area (TPSA) is 104 Å². The van der Waals surface area contributed by atoms with E-state index < -0.39 is 17.6 Å². The lowest BCUT2D eigenvalue weighted by Crippen LogP contribution is -2.36. The molecule has 0 bridgehead atoms. The number of nitrogens with zero attached hydrogens (tertiary/aromatic N) is 2. The molecular weight excluding hydrogens is 354 g/mol. The van der Waals surface area contributed by atoms with Crippen molar-refractivity contribution >= 4 is 39.1 Å². The number of para-hydroxylation sites is 1. The van der Waals surface area contributed by atoms with E-state index in [1.165, 1.54) is 13.3 Å². The van der Waals surface area contributed by atoms with Crippen LogP contribution in [0.3, 0.4) is 0 Å². The Balaban J connectivity index is 2.06. The Labute approximate surface area is 152 Å². The molecule has 2 aromatic heterocycles. The Morgan fingerprint density at radius 2 is 1.96 bits per heavy atom. The average molecular weight is 370 g/mol. The van der Waals surface area contributed by atoms with Crippen molar-refractivity contribution in [1.82, 2.24) is 9.55 Å². The number of aromatic nitrogens is 2. The average Bonchev–Trinajstić information content (AvgIpc) is 2.94. The first-order chi connectivity index (χ1) is 12.3. The highest BCUT2D eigenvalue weighted by Gasteiger charge is 2.21. The molecule has 0 radical (unpaired) electrons. The van der Waals surface area contributed by atoms with Gasteiger partial charge >= 0.3 is 0 Å². The molecule has 1 atom stereocenters. The van der Waals surface area contributed by atoms with Crippen molar-refractivity contribution in [3.05, 3.63) is 57.0 Å². The second kappa shape index (κ2) is 6.72. The largest absolute Gasteiger partial charge is 0.548 e. The summed E-state index contributed by atoms with van der Waals surface area (Å²) in [6.45, 7) is 4.88. The molecule has 134 valence electrons. The molecule has 3 aromatic rings. The molecule has 1 unspecified atom stereocenters. The first-order valence-electron chi connectivity index (χ1n) is 7.89. The van der Waals surface area contributed by atoms with Gasteiger partial charge in [0.15, 0.2) is 0 Å². The maximum absolute atomic E-state index is 12.7. The Morgan fingerprint density at radius 1 is 1.27 bits per heavy atom.